The zero-order chi connectivity index (χ0) is 31.4. The zero-order valence-corrected chi connectivity index (χ0v) is 27.0. The van der Waals surface area contributed by atoms with Crippen molar-refractivity contribution in [3.8, 4) is 5.88 Å². The first-order chi connectivity index (χ1) is 22.0. The van der Waals surface area contributed by atoms with E-state index in [1.165, 1.54) is 76.9 Å². The van der Waals surface area contributed by atoms with Gasteiger partial charge in [0, 0.05) is 56.2 Å². The summed E-state index contributed by atoms with van der Waals surface area (Å²) in [5, 5.41) is 16.6. The number of anilines is 1. The van der Waals surface area contributed by atoms with Gasteiger partial charge in [0.15, 0.2) is 0 Å². The van der Waals surface area contributed by atoms with Gasteiger partial charge in [0.1, 0.15) is 5.82 Å². The fourth-order valence-corrected chi connectivity index (χ4v) is 7.21. The number of aryl methyl sites for hydroxylation is 2. The molecule has 2 amide bonds. The molecule has 0 aromatic carbocycles. The zero-order valence-electron chi connectivity index (χ0n) is 27.0. The highest BCUT2D eigenvalue weighted by atomic mass is 16.5. The predicted molar refractivity (Wildman–Crippen MR) is 176 cm³/mol. The lowest BCUT2D eigenvalue weighted by Crippen LogP contribution is -2.40. The summed E-state index contributed by atoms with van der Waals surface area (Å²) in [6.07, 6.45) is 19.8. The second-order valence-corrected chi connectivity index (χ2v) is 13.0. The Kier molecular flexibility index (Phi) is 12.3. The van der Waals surface area contributed by atoms with Gasteiger partial charge in [-0.3, -0.25) is 4.79 Å². The minimum atomic E-state index is -0.954. The van der Waals surface area contributed by atoms with Gasteiger partial charge >= 0.3 is 12.0 Å². The van der Waals surface area contributed by atoms with Gasteiger partial charge in [-0.25, -0.2) is 14.8 Å². The lowest BCUT2D eigenvalue weighted by molar-refractivity contribution is -0.138. The third kappa shape index (κ3) is 9.55. The van der Waals surface area contributed by atoms with Crippen LogP contribution in [0.3, 0.4) is 0 Å². The van der Waals surface area contributed by atoms with Crippen molar-refractivity contribution >= 4 is 17.8 Å². The normalized spacial score (nSPS) is 19.7. The summed E-state index contributed by atoms with van der Waals surface area (Å²) < 4.78 is 5.08. The van der Waals surface area contributed by atoms with Crippen LogP contribution in [-0.2, 0) is 17.6 Å². The standard InChI is InChI=1S/C23H29N5O4.C12H23N/c1-32-20-9-7-17(15-25-20)19(14-21(29)30)28-13-12-27(23(28)31)11-3-5-18-8-6-16-4-2-10-24-22(16)26-18;1-3-7-11(8-4-1)13-12-9-5-2-6-10-12/h6-9,15,19H,2-5,10-14H2,1H3,(H,24,26)(H,29,30);11-13H,1-10H2. The number of nitrogens with zero attached hydrogens (tertiary/aromatic N) is 4. The van der Waals surface area contributed by atoms with E-state index in [1.54, 1.807) is 28.1 Å². The van der Waals surface area contributed by atoms with Gasteiger partial charge in [-0.15, -0.1) is 0 Å². The molecule has 2 saturated carbocycles. The molecule has 2 aliphatic heterocycles. The lowest BCUT2D eigenvalue weighted by Gasteiger charge is -2.30. The van der Waals surface area contributed by atoms with Crippen molar-refractivity contribution in [1.29, 1.82) is 0 Å². The second-order valence-electron chi connectivity index (χ2n) is 13.0. The Morgan fingerprint density at radius 1 is 1.02 bits per heavy atom. The molecule has 1 saturated heterocycles. The van der Waals surface area contributed by atoms with Crippen LogP contribution in [0.2, 0.25) is 0 Å². The first kappa shape index (κ1) is 33.0. The van der Waals surface area contributed by atoms with Crippen LogP contribution in [0, 0.1) is 0 Å². The highest BCUT2D eigenvalue weighted by molar-refractivity contribution is 5.78. The minimum absolute atomic E-state index is 0.132. The number of hydrogen-bond acceptors (Lipinski definition) is 7. The molecule has 2 aliphatic carbocycles. The van der Waals surface area contributed by atoms with E-state index in [9.17, 15) is 14.7 Å². The van der Waals surface area contributed by atoms with E-state index in [4.69, 9.17) is 9.72 Å². The van der Waals surface area contributed by atoms with Gasteiger partial charge in [-0.05, 0) is 68.6 Å². The Morgan fingerprint density at radius 3 is 2.40 bits per heavy atom. The smallest absolute Gasteiger partial charge is 0.320 e. The Hall–Kier alpha value is -3.40. The molecule has 2 aromatic heterocycles. The molecule has 3 N–H and O–H groups in total. The maximum atomic E-state index is 13.0. The summed E-state index contributed by atoms with van der Waals surface area (Å²) in [7, 11) is 1.52. The summed E-state index contributed by atoms with van der Waals surface area (Å²) in [5.41, 5.74) is 2.98. The van der Waals surface area contributed by atoms with E-state index >= 15 is 0 Å². The van der Waals surface area contributed by atoms with Crippen molar-refractivity contribution in [2.75, 3.05) is 38.6 Å². The number of ether oxygens (including phenoxy) is 1. The Balaban J connectivity index is 0.000000256. The molecule has 4 heterocycles. The number of carbonyl (C=O) groups excluding carboxylic acids is 1. The second kappa shape index (κ2) is 16.8. The Bertz CT molecular complexity index is 1210. The summed E-state index contributed by atoms with van der Waals surface area (Å²) in [5.74, 6) is 0.481. The van der Waals surface area contributed by atoms with Gasteiger partial charge in [-0.2, -0.15) is 0 Å². The summed E-state index contributed by atoms with van der Waals surface area (Å²) in [4.78, 5) is 36.8. The van der Waals surface area contributed by atoms with Crippen molar-refractivity contribution in [3.05, 3.63) is 47.3 Å². The van der Waals surface area contributed by atoms with Crippen LogP contribution in [0.1, 0.15) is 106 Å². The molecule has 246 valence electrons. The average Bonchev–Trinajstić information content (AvgIpc) is 3.44. The number of methoxy groups -OCH3 is 1. The summed E-state index contributed by atoms with van der Waals surface area (Å²) in [6, 6.07) is 8.72. The van der Waals surface area contributed by atoms with Crippen LogP contribution in [0.15, 0.2) is 30.5 Å². The van der Waals surface area contributed by atoms with Crippen LogP contribution in [0.25, 0.3) is 0 Å². The summed E-state index contributed by atoms with van der Waals surface area (Å²) >= 11 is 0. The fourth-order valence-electron chi connectivity index (χ4n) is 7.21. The van der Waals surface area contributed by atoms with Crippen molar-refractivity contribution in [3.63, 3.8) is 0 Å². The quantitative estimate of drug-likeness (QED) is 0.281. The number of aliphatic carboxylic acids is 1. The van der Waals surface area contributed by atoms with Gasteiger partial charge in [0.2, 0.25) is 5.88 Å². The number of carboxylic acid groups (broad SMARTS) is 1. The highest BCUT2D eigenvalue weighted by Crippen LogP contribution is 2.29. The molecule has 3 fully saturated rings. The lowest BCUT2D eigenvalue weighted by atomic mass is 9.91. The van der Waals surface area contributed by atoms with E-state index in [2.05, 4.69) is 27.8 Å². The SMILES string of the molecule is C1CCC(NC2CCCCC2)CC1.COc1ccc(C(CC(=O)O)N2CCN(CCCc3ccc4c(n3)NCCC4)C2=O)cn1. The molecule has 10 nitrogen and oxygen atoms in total. The van der Waals surface area contributed by atoms with Crippen LogP contribution >= 0.6 is 0 Å². The number of carbonyl (C=O) groups is 2. The first-order valence-corrected chi connectivity index (χ1v) is 17.3. The number of carboxylic acids is 1. The largest absolute Gasteiger partial charge is 0.481 e. The van der Waals surface area contributed by atoms with Gasteiger partial charge in [0.05, 0.1) is 19.6 Å². The third-order valence-electron chi connectivity index (χ3n) is 9.72. The van der Waals surface area contributed by atoms with Crippen molar-refractivity contribution in [2.24, 2.45) is 0 Å². The molecule has 4 aliphatic rings. The Morgan fingerprint density at radius 2 is 1.76 bits per heavy atom. The number of urea groups is 1. The molecular formula is C35H52N6O4. The number of hydrogen-bond donors (Lipinski definition) is 3. The molecule has 1 unspecified atom stereocenters. The predicted octanol–water partition coefficient (Wildman–Crippen LogP) is 5.97. The van der Waals surface area contributed by atoms with Gasteiger partial charge in [-0.1, -0.05) is 50.7 Å². The first-order valence-electron chi connectivity index (χ1n) is 17.3. The maximum absolute atomic E-state index is 13.0. The van der Waals surface area contributed by atoms with Crippen molar-refractivity contribution in [1.82, 2.24) is 25.1 Å². The van der Waals surface area contributed by atoms with Crippen LogP contribution < -0.4 is 15.4 Å². The molecule has 2 aromatic rings. The number of nitrogens with one attached hydrogen (secondary N) is 2. The third-order valence-corrected chi connectivity index (χ3v) is 9.72. The number of pyridine rings is 2. The van der Waals surface area contributed by atoms with E-state index in [0.29, 0.717) is 31.1 Å². The highest BCUT2D eigenvalue weighted by Gasteiger charge is 2.35. The van der Waals surface area contributed by atoms with E-state index in [0.717, 1.165) is 55.8 Å². The van der Waals surface area contributed by atoms with Crippen molar-refractivity contribution < 1.29 is 19.4 Å². The van der Waals surface area contributed by atoms with Crippen LogP contribution in [0.5, 0.6) is 5.88 Å². The minimum Gasteiger partial charge on any atom is -0.481 e. The summed E-state index contributed by atoms with van der Waals surface area (Å²) in [6.45, 7) is 2.65. The van der Waals surface area contributed by atoms with E-state index in [-0.39, 0.29) is 12.5 Å². The van der Waals surface area contributed by atoms with Crippen LogP contribution in [0.4, 0.5) is 10.6 Å². The molecule has 45 heavy (non-hydrogen) atoms. The topological polar surface area (TPSA) is 120 Å². The van der Waals surface area contributed by atoms with E-state index < -0.39 is 12.0 Å². The molecule has 0 bridgehead atoms. The van der Waals surface area contributed by atoms with E-state index in [1.807, 2.05) is 0 Å². The van der Waals surface area contributed by atoms with Crippen LogP contribution in [-0.4, -0.2) is 82.2 Å². The fraction of sp³-hybridized carbons (Fsp3) is 0.657. The molecular weight excluding hydrogens is 568 g/mol. The molecule has 6 rings (SSSR count). The van der Waals surface area contributed by atoms with Gasteiger partial charge in [0.25, 0.3) is 0 Å². The average molecular weight is 621 g/mol. The maximum Gasteiger partial charge on any atom is 0.320 e. The number of amides is 2. The monoisotopic (exact) mass is 620 g/mol. The molecule has 10 heteroatoms. The van der Waals surface area contributed by atoms with Gasteiger partial charge < -0.3 is 30.3 Å². The molecule has 0 radical (unpaired) electrons. The van der Waals surface area contributed by atoms with Crippen molar-refractivity contribution in [2.45, 2.75) is 114 Å². The number of fused-ring (bicyclic) bond motifs is 1. The number of aromatic nitrogens is 2. The Labute approximate surface area is 268 Å². The molecule has 0 spiro atoms. The number of rotatable bonds is 11. The molecule has 1 atom stereocenters.